The molecule has 1 aliphatic carbocycles. The summed E-state index contributed by atoms with van der Waals surface area (Å²) in [6, 6.07) is 1.11. The second-order valence-corrected chi connectivity index (χ2v) is 6.06. The van der Waals surface area contributed by atoms with E-state index in [-0.39, 0.29) is 17.9 Å². The Balaban J connectivity index is 1.80. The van der Waals surface area contributed by atoms with Crippen molar-refractivity contribution in [3.63, 3.8) is 0 Å². The first-order valence-corrected chi connectivity index (χ1v) is 7.69. The van der Waals surface area contributed by atoms with E-state index in [0.717, 1.165) is 32.2 Å². The molecule has 4 heteroatoms. The van der Waals surface area contributed by atoms with Gasteiger partial charge in [-0.25, -0.2) is 0 Å². The average molecular weight is 268 g/mol. The van der Waals surface area contributed by atoms with Crippen LogP contribution in [0, 0.1) is 5.92 Å². The lowest BCUT2D eigenvalue weighted by Crippen LogP contribution is -2.54. The van der Waals surface area contributed by atoms with E-state index < -0.39 is 0 Å². The smallest absolute Gasteiger partial charge is 0.309 e. The van der Waals surface area contributed by atoms with Gasteiger partial charge in [0, 0.05) is 38.3 Å². The van der Waals surface area contributed by atoms with Crippen molar-refractivity contribution in [1.29, 1.82) is 0 Å². The van der Waals surface area contributed by atoms with Gasteiger partial charge in [-0.1, -0.05) is 19.8 Å². The molecule has 4 nitrogen and oxygen atoms in total. The Bertz CT molecular complexity index is 295. The van der Waals surface area contributed by atoms with Crippen molar-refractivity contribution in [2.75, 3.05) is 33.3 Å². The number of hydrogen-bond donors (Lipinski definition) is 0. The van der Waals surface area contributed by atoms with Crippen LogP contribution < -0.4 is 0 Å². The van der Waals surface area contributed by atoms with Crippen molar-refractivity contribution in [1.82, 2.24) is 9.80 Å². The van der Waals surface area contributed by atoms with Crippen LogP contribution >= 0.6 is 0 Å². The lowest BCUT2D eigenvalue weighted by Gasteiger charge is -2.41. The zero-order valence-electron chi connectivity index (χ0n) is 12.6. The zero-order chi connectivity index (χ0) is 13.8. The number of piperazine rings is 1. The van der Waals surface area contributed by atoms with Crippen LogP contribution in [0.25, 0.3) is 0 Å². The minimum atomic E-state index is -0.0919. The Hall–Kier alpha value is -0.610. The van der Waals surface area contributed by atoms with E-state index in [4.69, 9.17) is 4.74 Å². The van der Waals surface area contributed by atoms with Gasteiger partial charge in [-0.2, -0.15) is 0 Å². The Kier molecular flexibility index (Phi) is 5.22. The number of esters is 1. The molecule has 19 heavy (non-hydrogen) atoms. The summed E-state index contributed by atoms with van der Waals surface area (Å²) in [7, 11) is 1.48. The Morgan fingerprint density at radius 3 is 2.21 bits per heavy atom. The third kappa shape index (κ3) is 3.48. The van der Waals surface area contributed by atoms with Gasteiger partial charge in [0.1, 0.15) is 0 Å². The number of nitrogens with zero attached hydrogens (tertiary/aromatic N) is 2. The molecule has 0 N–H and O–H groups in total. The molecule has 0 aromatic rings. The molecule has 1 heterocycles. The summed E-state index contributed by atoms with van der Waals surface area (Å²) in [6.07, 6.45) is 5.57. The standard InChI is InChI=1S/C15H28N2O2/c1-12(15(18)19-3)13(2)16-8-10-17(11-9-16)14-6-4-5-7-14/h12-14H,4-11H2,1-3H3. The third-order valence-corrected chi connectivity index (χ3v) is 5.06. The summed E-state index contributed by atoms with van der Waals surface area (Å²) in [5.41, 5.74) is 0. The van der Waals surface area contributed by atoms with Crippen LogP contribution in [0.2, 0.25) is 0 Å². The molecule has 0 aromatic carbocycles. The number of methoxy groups -OCH3 is 1. The van der Waals surface area contributed by atoms with Crippen LogP contribution in [0.1, 0.15) is 39.5 Å². The summed E-state index contributed by atoms with van der Waals surface area (Å²) in [5.74, 6) is -0.131. The van der Waals surface area contributed by atoms with E-state index in [9.17, 15) is 4.79 Å². The van der Waals surface area contributed by atoms with Crippen LogP contribution in [0.3, 0.4) is 0 Å². The summed E-state index contributed by atoms with van der Waals surface area (Å²) in [6.45, 7) is 8.59. The van der Waals surface area contributed by atoms with Crippen LogP contribution in [-0.2, 0) is 9.53 Å². The lowest BCUT2D eigenvalue weighted by atomic mass is 10.0. The van der Waals surface area contributed by atoms with Gasteiger partial charge in [-0.15, -0.1) is 0 Å². The molecule has 0 bridgehead atoms. The van der Waals surface area contributed by atoms with Crippen LogP contribution in [0.15, 0.2) is 0 Å². The second-order valence-electron chi connectivity index (χ2n) is 6.06. The molecule has 1 saturated heterocycles. The van der Waals surface area contributed by atoms with E-state index in [1.165, 1.54) is 32.8 Å². The minimum Gasteiger partial charge on any atom is -0.469 e. The van der Waals surface area contributed by atoms with Gasteiger partial charge >= 0.3 is 5.97 Å². The maximum atomic E-state index is 11.6. The van der Waals surface area contributed by atoms with Gasteiger partial charge in [0.15, 0.2) is 0 Å². The molecule has 0 aromatic heterocycles. The maximum Gasteiger partial charge on any atom is 0.309 e. The van der Waals surface area contributed by atoms with Crippen LogP contribution in [-0.4, -0.2) is 61.1 Å². The number of hydrogen-bond acceptors (Lipinski definition) is 4. The van der Waals surface area contributed by atoms with Crippen molar-refractivity contribution in [2.45, 2.75) is 51.6 Å². The van der Waals surface area contributed by atoms with Crippen LogP contribution in [0.5, 0.6) is 0 Å². The highest BCUT2D eigenvalue weighted by Crippen LogP contribution is 2.25. The summed E-state index contributed by atoms with van der Waals surface area (Å²) < 4.78 is 4.85. The van der Waals surface area contributed by atoms with Crippen LogP contribution in [0.4, 0.5) is 0 Å². The number of carbonyl (C=O) groups is 1. The monoisotopic (exact) mass is 268 g/mol. The van der Waals surface area contributed by atoms with E-state index in [0.29, 0.717) is 0 Å². The summed E-state index contributed by atoms with van der Waals surface area (Å²) in [5, 5.41) is 0. The van der Waals surface area contributed by atoms with Crippen molar-refractivity contribution in [3.8, 4) is 0 Å². The summed E-state index contributed by atoms with van der Waals surface area (Å²) >= 11 is 0. The first-order chi connectivity index (χ1) is 9.13. The largest absolute Gasteiger partial charge is 0.469 e. The van der Waals surface area contributed by atoms with Crippen molar-refractivity contribution >= 4 is 5.97 Å². The average Bonchev–Trinajstić information content (AvgIpc) is 2.99. The fourth-order valence-electron chi connectivity index (χ4n) is 3.48. The molecule has 0 radical (unpaired) electrons. The van der Waals surface area contributed by atoms with E-state index in [1.54, 1.807) is 0 Å². The predicted octanol–water partition coefficient (Wildman–Crippen LogP) is 1.74. The number of ether oxygens (including phenoxy) is 1. The van der Waals surface area contributed by atoms with Gasteiger partial charge in [0.2, 0.25) is 0 Å². The molecular formula is C15H28N2O2. The molecule has 2 unspecified atom stereocenters. The van der Waals surface area contributed by atoms with Gasteiger partial charge in [0.05, 0.1) is 13.0 Å². The fourth-order valence-corrected chi connectivity index (χ4v) is 3.48. The predicted molar refractivity (Wildman–Crippen MR) is 76.0 cm³/mol. The normalized spacial score (nSPS) is 26.3. The molecule has 110 valence electrons. The molecule has 2 fully saturated rings. The Labute approximate surface area is 117 Å². The molecule has 1 aliphatic heterocycles. The molecule has 0 amide bonds. The highest BCUT2D eigenvalue weighted by Gasteiger charge is 2.31. The van der Waals surface area contributed by atoms with Crippen molar-refractivity contribution < 1.29 is 9.53 Å². The third-order valence-electron chi connectivity index (χ3n) is 5.06. The molecule has 2 aliphatic rings. The quantitative estimate of drug-likeness (QED) is 0.727. The highest BCUT2D eigenvalue weighted by atomic mass is 16.5. The Morgan fingerprint density at radius 1 is 1.11 bits per heavy atom. The van der Waals surface area contributed by atoms with Crippen molar-refractivity contribution in [3.05, 3.63) is 0 Å². The molecule has 0 spiro atoms. The first-order valence-electron chi connectivity index (χ1n) is 7.69. The van der Waals surface area contributed by atoms with E-state index >= 15 is 0 Å². The number of rotatable bonds is 4. The molecule has 2 rings (SSSR count). The SMILES string of the molecule is COC(=O)C(C)C(C)N1CCN(C2CCCC2)CC1. The van der Waals surface area contributed by atoms with E-state index in [2.05, 4.69) is 16.7 Å². The van der Waals surface area contributed by atoms with Gasteiger partial charge < -0.3 is 4.74 Å². The van der Waals surface area contributed by atoms with Gasteiger partial charge in [-0.3, -0.25) is 14.6 Å². The first kappa shape index (κ1) is 14.8. The lowest BCUT2D eigenvalue weighted by molar-refractivity contribution is -0.147. The topological polar surface area (TPSA) is 32.8 Å². The van der Waals surface area contributed by atoms with E-state index in [1.807, 2.05) is 6.92 Å². The molecule has 1 saturated carbocycles. The second kappa shape index (κ2) is 6.71. The highest BCUT2D eigenvalue weighted by molar-refractivity contribution is 5.72. The molecule has 2 atom stereocenters. The van der Waals surface area contributed by atoms with Crippen molar-refractivity contribution in [2.24, 2.45) is 5.92 Å². The summed E-state index contributed by atoms with van der Waals surface area (Å²) in [4.78, 5) is 16.7. The maximum absolute atomic E-state index is 11.6. The zero-order valence-corrected chi connectivity index (χ0v) is 12.6. The number of carbonyl (C=O) groups excluding carboxylic acids is 1. The fraction of sp³-hybridized carbons (Fsp3) is 0.933. The molecular weight excluding hydrogens is 240 g/mol. The van der Waals surface area contributed by atoms with Gasteiger partial charge in [-0.05, 0) is 19.8 Å². The Morgan fingerprint density at radius 2 is 1.68 bits per heavy atom. The minimum absolute atomic E-state index is 0.0389. The van der Waals surface area contributed by atoms with Gasteiger partial charge in [0.25, 0.3) is 0 Å².